The number of carbonyl (C=O) groups excluding carboxylic acids is 2. The summed E-state index contributed by atoms with van der Waals surface area (Å²) >= 11 is 0. The first kappa shape index (κ1) is 21.0. The van der Waals surface area contributed by atoms with E-state index in [1.165, 1.54) is 7.11 Å². The number of aliphatic hydroxyl groups is 1. The number of carbonyl (C=O) groups is 2. The molecule has 1 aliphatic heterocycles. The van der Waals surface area contributed by atoms with Gasteiger partial charge in [-0.1, -0.05) is 30.3 Å². The zero-order valence-corrected chi connectivity index (χ0v) is 16.8. The second-order valence-electron chi connectivity index (χ2n) is 7.29. The summed E-state index contributed by atoms with van der Waals surface area (Å²) in [6.07, 6.45) is 3.54. The van der Waals surface area contributed by atoms with Gasteiger partial charge in [-0.3, -0.25) is 14.6 Å². The lowest BCUT2D eigenvalue weighted by Crippen LogP contribution is -2.69. The van der Waals surface area contributed by atoms with Gasteiger partial charge in [0.1, 0.15) is 6.61 Å². The van der Waals surface area contributed by atoms with Crippen molar-refractivity contribution >= 4 is 11.8 Å². The van der Waals surface area contributed by atoms with Crippen molar-refractivity contribution in [3.8, 4) is 0 Å². The predicted octanol–water partition coefficient (Wildman–Crippen LogP) is 1.08. The van der Waals surface area contributed by atoms with Crippen molar-refractivity contribution in [1.29, 1.82) is 0 Å². The summed E-state index contributed by atoms with van der Waals surface area (Å²) in [5.41, 5.74) is 1.92. The Morgan fingerprint density at radius 2 is 1.83 bits per heavy atom. The molecule has 1 aliphatic rings. The zero-order valence-electron chi connectivity index (χ0n) is 16.8. The Kier molecular flexibility index (Phi) is 6.95. The molecular formula is C22H27N3O4. The Balaban J connectivity index is 1.83. The molecule has 0 spiro atoms. The number of benzene rings is 1. The minimum Gasteiger partial charge on any atom is -0.394 e. The second-order valence-corrected chi connectivity index (χ2v) is 7.29. The standard InChI is InChI=1S/C22H27N3O4/c1-24(21(28)15-29-2)13-18-22(17-6-4-3-5-7-17)19(14-26)25(18)20(27)12-16-8-10-23-11-9-16/h3-11,18-19,22,26H,12-15H2,1-2H3/t18-,19-,22-/m0/s1. The van der Waals surface area contributed by atoms with E-state index in [1.807, 2.05) is 42.5 Å². The van der Waals surface area contributed by atoms with E-state index in [0.717, 1.165) is 11.1 Å². The summed E-state index contributed by atoms with van der Waals surface area (Å²) in [7, 11) is 3.19. The maximum absolute atomic E-state index is 13.1. The van der Waals surface area contributed by atoms with E-state index in [4.69, 9.17) is 4.74 Å². The van der Waals surface area contributed by atoms with E-state index in [2.05, 4.69) is 4.98 Å². The average Bonchev–Trinajstić information content (AvgIpc) is 2.72. The minimum atomic E-state index is -0.317. The number of aromatic nitrogens is 1. The molecule has 0 saturated carbocycles. The normalized spacial score (nSPS) is 20.8. The third-order valence-corrected chi connectivity index (χ3v) is 5.46. The Morgan fingerprint density at radius 3 is 2.45 bits per heavy atom. The van der Waals surface area contributed by atoms with Crippen LogP contribution in [0.5, 0.6) is 0 Å². The van der Waals surface area contributed by atoms with Gasteiger partial charge in [0.2, 0.25) is 11.8 Å². The van der Waals surface area contributed by atoms with Crippen LogP contribution in [-0.4, -0.2) is 77.7 Å². The number of hydrogen-bond donors (Lipinski definition) is 1. The van der Waals surface area contributed by atoms with Gasteiger partial charge in [-0.15, -0.1) is 0 Å². The van der Waals surface area contributed by atoms with Crippen LogP contribution in [0.15, 0.2) is 54.9 Å². The molecule has 3 atom stereocenters. The second kappa shape index (κ2) is 9.62. The lowest BCUT2D eigenvalue weighted by molar-refractivity contribution is -0.154. The summed E-state index contributed by atoms with van der Waals surface area (Å²) in [5.74, 6) is -0.256. The lowest BCUT2D eigenvalue weighted by atomic mass is 9.74. The van der Waals surface area contributed by atoms with Gasteiger partial charge in [-0.25, -0.2) is 0 Å². The number of ether oxygens (including phenoxy) is 1. The van der Waals surface area contributed by atoms with Gasteiger partial charge in [0, 0.05) is 39.0 Å². The molecular weight excluding hydrogens is 370 g/mol. The van der Waals surface area contributed by atoms with Crippen LogP contribution in [-0.2, 0) is 20.7 Å². The first-order valence-electron chi connectivity index (χ1n) is 9.65. The third-order valence-electron chi connectivity index (χ3n) is 5.46. The van der Waals surface area contributed by atoms with Crippen molar-refractivity contribution in [2.45, 2.75) is 24.4 Å². The molecule has 0 bridgehead atoms. The maximum atomic E-state index is 13.1. The average molecular weight is 397 g/mol. The molecule has 0 radical (unpaired) electrons. The fraction of sp³-hybridized carbons (Fsp3) is 0.409. The Labute approximate surface area is 170 Å². The highest BCUT2D eigenvalue weighted by atomic mass is 16.5. The van der Waals surface area contributed by atoms with Crippen LogP contribution in [0.4, 0.5) is 0 Å². The zero-order chi connectivity index (χ0) is 20.8. The van der Waals surface area contributed by atoms with Gasteiger partial charge in [0.25, 0.3) is 0 Å². The largest absolute Gasteiger partial charge is 0.394 e. The van der Waals surface area contributed by atoms with Gasteiger partial charge < -0.3 is 19.6 Å². The van der Waals surface area contributed by atoms with Crippen molar-refractivity contribution in [2.75, 3.05) is 33.9 Å². The Hall–Kier alpha value is -2.77. The number of aliphatic hydroxyl groups excluding tert-OH is 1. The number of nitrogens with zero attached hydrogens (tertiary/aromatic N) is 3. The SMILES string of the molecule is COCC(=O)N(C)C[C@H]1[C@H](c2ccccc2)[C@H](CO)N1C(=O)Cc1ccncc1. The Morgan fingerprint density at radius 1 is 1.14 bits per heavy atom. The maximum Gasteiger partial charge on any atom is 0.248 e. The number of amides is 2. The molecule has 1 fully saturated rings. The minimum absolute atomic E-state index is 0.00634. The van der Waals surface area contributed by atoms with Crippen molar-refractivity contribution in [3.05, 3.63) is 66.0 Å². The van der Waals surface area contributed by atoms with Gasteiger partial charge in [-0.2, -0.15) is 0 Å². The van der Waals surface area contributed by atoms with Crippen LogP contribution in [0.2, 0.25) is 0 Å². The molecule has 1 saturated heterocycles. The quantitative estimate of drug-likeness (QED) is 0.721. The number of methoxy groups -OCH3 is 1. The fourth-order valence-electron chi connectivity index (χ4n) is 4.02. The topological polar surface area (TPSA) is 83.0 Å². The fourth-order valence-corrected chi connectivity index (χ4v) is 4.02. The highest BCUT2D eigenvalue weighted by Gasteiger charge is 2.51. The monoisotopic (exact) mass is 397 g/mol. The van der Waals surface area contributed by atoms with Gasteiger partial charge >= 0.3 is 0 Å². The number of pyridine rings is 1. The highest BCUT2D eigenvalue weighted by Crippen LogP contribution is 2.41. The number of likely N-dealkylation sites (N-methyl/N-ethyl adjacent to an activating group) is 1. The highest BCUT2D eigenvalue weighted by molar-refractivity contribution is 5.81. The molecule has 1 N–H and O–H groups in total. The molecule has 7 heteroatoms. The van der Waals surface area contributed by atoms with Gasteiger partial charge in [0.15, 0.2) is 0 Å². The summed E-state index contributed by atoms with van der Waals surface area (Å²) in [5, 5.41) is 10.0. The molecule has 0 aliphatic carbocycles. The van der Waals surface area contributed by atoms with Crippen molar-refractivity contribution in [1.82, 2.24) is 14.8 Å². The van der Waals surface area contributed by atoms with E-state index in [0.29, 0.717) is 6.54 Å². The lowest BCUT2D eigenvalue weighted by Gasteiger charge is -2.56. The summed E-state index contributed by atoms with van der Waals surface area (Å²) in [4.78, 5) is 32.6. The van der Waals surface area contributed by atoms with E-state index in [-0.39, 0.29) is 49.5 Å². The summed E-state index contributed by atoms with van der Waals surface area (Å²) in [6.45, 7) is 0.238. The molecule has 1 aromatic carbocycles. The number of likely N-dealkylation sites (tertiary alicyclic amines) is 1. The smallest absolute Gasteiger partial charge is 0.248 e. The van der Waals surface area contributed by atoms with Crippen LogP contribution in [0, 0.1) is 0 Å². The van der Waals surface area contributed by atoms with Crippen LogP contribution in [0.3, 0.4) is 0 Å². The van der Waals surface area contributed by atoms with E-state index >= 15 is 0 Å². The summed E-state index contributed by atoms with van der Waals surface area (Å²) in [6, 6.07) is 12.9. The molecule has 2 amide bonds. The van der Waals surface area contributed by atoms with Gasteiger partial charge in [-0.05, 0) is 23.3 Å². The number of rotatable bonds is 8. The van der Waals surface area contributed by atoms with E-state index in [9.17, 15) is 14.7 Å². The molecule has 1 aromatic heterocycles. The van der Waals surface area contributed by atoms with E-state index in [1.54, 1.807) is 29.2 Å². The van der Waals surface area contributed by atoms with Gasteiger partial charge in [0.05, 0.1) is 25.1 Å². The third kappa shape index (κ3) is 4.63. The van der Waals surface area contributed by atoms with Crippen molar-refractivity contribution in [3.63, 3.8) is 0 Å². The first-order chi connectivity index (χ1) is 14.1. The predicted molar refractivity (Wildman–Crippen MR) is 108 cm³/mol. The molecule has 2 heterocycles. The van der Waals surface area contributed by atoms with Crippen LogP contribution in [0.25, 0.3) is 0 Å². The van der Waals surface area contributed by atoms with Crippen LogP contribution < -0.4 is 0 Å². The molecule has 3 rings (SSSR count). The molecule has 7 nitrogen and oxygen atoms in total. The van der Waals surface area contributed by atoms with Crippen molar-refractivity contribution < 1.29 is 19.4 Å². The summed E-state index contributed by atoms with van der Waals surface area (Å²) < 4.78 is 4.95. The van der Waals surface area contributed by atoms with Crippen LogP contribution >= 0.6 is 0 Å². The molecule has 2 aromatic rings. The Bertz CT molecular complexity index is 815. The molecule has 29 heavy (non-hydrogen) atoms. The van der Waals surface area contributed by atoms with Crippen molar-refractivity contribution in [2.24, 2.45) is 0 Å². The number of hydrogen-bond acceptors (Lipinski definition) is 5. The van der Waals surface area contributed by atoms with E-state index < -0.39 is 0 Å². The molecule has 154 valence electrons. The molecule has 0 unspecified atom stereocenters. The van der Waals surface area contributed by atoms with Crippen LogP contribution in [0.1, 0.15) is 17.0 Å². The first-order valence-corrected chi connectivity index (χ1v) is 9.65.